The van der Waals surface area contributed by atoms with E-state index in [1.807, 2.05) is 32.0 Å². The number of thiol groups is 1. The maximum absolute atomic E-state index is 5.79. The molecule has 2 N–H and O–H groups in total. The van der Waals surface area contributed by atoms with Crippen LogP contribution in [0.1, 0.15) is 19.5 Å². The van der Waals surface area contributed by atoms with Crippen molar-refractivity contribution in [2.24, 2.45) is 0 Å². The number of rotatable bonds is 4. The summed E-state index contributed by atoms with van der Waals surface area (Å²) in [6.45, 7) is 3.84. The molecule has 7 nitrogen and oxygen atoms in total. The molecular formula is C17H19N5O2S. The topological polar surface area (TPSA) is 96.0 Å². The summed E-state index contributed by atoms with van der Waals surface area (Å²) in [5, 5.41) is 0. The van der Waals surface area contributed by atoms with E-state index in [0.717, 1.165) is 5.56 Å². The van der Waals surface area contributed by atoms with Gasteiger partial charge in [0.05, 0.1) is 36.6 Å². The number of nitrogen functional groups attached to an aromatic ring is 1. The molecule has 0 fully saturated rings. The molecule has 2 heterocycles. The van der Waals surface area contributed by atoms with Crippen LogP contribution in [0.5, 0.6) is 11.5 Å². The number of methoxy groups -OCH3 is 2. The molecule has 2 aromatic heterocycles. The van der Waals surface area contributed by atoms with E-state index in [4.69, 9.17) is 20.2 Å². The van der Waals surface area contributed by atoms with Crippen LogP contribution in [0.25, 0.3) is 22.4 Å². The number of ether oxygens (including phenoxy) is 2. The third-order valence-electron chi connectivity index (χ3n) is 3.68. The zero-order chi connectivity index (χ0) is 18.2. The maximum Gasteiger partial charge on any atom is 0.222 e. The Hall–Kier alpha value is -2.61. The van der Waals surface area contributed by atoms with Gasteiger partial charge in [-0.1, -0.05) is 0 Å². The van der Waals surface area contributed by atoms with E-state index in [9.17, 15) is 0 Å². The summed E-state index contributed by atoms with van der Waals surface area (Å²) in [5.74, 6) is 1.41. The highest BCUT2D eigenvalue weighted by Crippen LogP contribution is 2.34. The van der Waals surface area contributed by atoms with Gasteiger partial charge in [-0.15, -0.1) is 0 Å². The van der Waals surface area contributed by atoms with E-state index in [1.54, 1.807) is 20.4 Å². The number of nitrogens with two attached hydrogens (primary N) is 1. The molecule has 0 atom stereocenters. The van der Waals surface area contributed by atoms with Crippen molar-refractivity contribution in [3.05, 3.63) is 30.1 Å². The van der Waals surface area contributed by atoms with Crippen LogP contribution in [0.4, 0.5) is 5.95 Å². The summed E-state index contributed by atoms with van der Waals surface area (Å²) in [5.41, 5.74) is 8.94. The Morgan fingerprint density at radius 1 is 1.04 bits per heavy atom. The van der Waals surface area contributed by atoms with Crippen molar-refractivity contribution in [1.82, 2.24) is 19.9 Å². The Kier molecular flexibility index (Phi) is 4.38. The number of anilines is 1. The third kappa shape index (κ3) is 3.30. The van der Waals surface area contributed by atoms with Gasteiger partial charge in [0, 0.05) is 5.56 Å². The second kappa shape index (κ2) is 6.36. The Balaban J connectivity index is 2.20. The minimum Gasteiger partial charge on any atom is -0.493 e. The maximum atomic E-state index is 5.79. The molecule has 0 aliphatic heterocycles. The highest BCUT2D eigenvalue weighted by atomic mass is 32.1. The van der Waals surface area contributed by atoms with Gasteiger partial charge in [0.1, 0.15) is 5.52 Å². The van der Waals surface area contributed by atoms with E-state index in [2.05, 4.69) is 27.6 Å². The molecule has 0 aliphatic rings. The van der Waals surface area contributed by atoms with Gasteiger partial charge in [0.15, 0.2) is 17.1 Å². The van der Waals surface area contributed by atoms with Crippen LogP contribution in [0.15, 0.2) is 24.4 Å². The van der Waals surface area contributed by atoms with Crippen LogP contribution in [-0.4, -0.2) is 34.2 Å². The Morgan fingerprint density at radius 3 is 2.40 bits per heavy atom. The number of nitrogens with zero attached hydrogens (tertiary/aromatic N) is 4. The first-order valence-electron chi connectivity index (χ1n) is 7.59. The predicted molar refractivity (Wildman–Crippen MR) is 100 cm³/mol. The fourth-order valence-electron chi connectivity index (χ4n) is 2.49. The molecule has 8 heteroatoms. The first-order valence-corrected chi connectivity index (χ1v) is 8.03. The number of hydrogen-bond acceptors (Lipinski definition) is 8. The minimum absolute atomic E-state index is 0.151. The average Bonchev–Trinajstić information content (AvgIpc) is 2.59. The van der Waals surface area contributed by atoms with Crippen LogP contribution in [0, 0.1) is 0 Å². The largest absolute Gasteiger partial charge is 0.493 e. The molecule has 0 bridgehead atoms. The van der Waals surface area contributed by atoms with Crippen LogP contribution in [0.2, 0.25) is 0 Å². The molecule has 0 radical (unpaired) electrons. The van der Waals surface area contributed by atoms with Crippen molar-refractivity contribution in [1.29, 1.82) is 0 Å². The molecule has 3 rings (SSSR count). The van der Waals surface area contributed by atoms with Crippen LogP contribution in [-0.2, 0) is 4.75 Å². The Bertz CT molecular complexity index is 940. The van der Waals surface area contributed by atoms with Gasteiger partial charge in [-0.25, -0.2) is 15.0 Å². The summed E-state index contributed by atoms with van der Waals surface area (Å²) in [4.78, 5) is 17.6. The standard InChI is InChI=1S/C17H19N5O2S/c1-17(2,25)14-13-15(22-16(18)21-14)19-8-10(20-13)9-5-6-11(23-3)12(7-9)24-4/h5-8,25H,1-4H3,(H2,18,19,21,22). The van der Waals surface area contributed by atoms with Crippen molar-refractivity contribution in [3.8, 4) is 22.8 Å². The summed E-state index contributed by atoms with van der Waals surface area (Å²) < 4.78 is 10.1. The molecule has 0 saturated heterocycles. The van der Waals surface area contributed by atoms with Crippen molar-refractivity contribution >= 4 is 29.7 Å². The molecule has 130 valence electrons. The highest BCUT2D eigenvalue weighted by Gasteiger charge is 2.23. The third-order valence-corrected chi connectivity index (χ3v) is 3.89. The SMILES string of the molecule is COc1ccc(-c2cnc3nc(N)nc(C(C)(C)S)c3n2)cc1OC. The normalized spacial score (nSPS) is 11.6. The lowest BCUT2D eigenvalue weighted by atomic mass is 10.1. The molecule has 0 amide bonds. The summed E-state index contributed by atoms with van der Waals surface area (Å²) >= 11 is 4.60. The quantitative estimate of drug-likeness (QED) is 0.693. The van der Waals surface area contributed by atoms with Gasteiger partial charge in [0.2, 0.25) is 5.95 Å². The summed E-state index contributed by atoms with van der Waals surface area (Å²) in [7, 11) is 3.18. The Morgan fingerprint density at radius 2 is 1.76 bits per heavy atom. The molecule has 0 unspecified atom stereocenters. The van der Waals surface area contributed by atoms with Gasteiger partial charge in [-0.3, -0.25) is 0 Å². The van der Waals surface area contributed by atoms with Crippen molar-refractivity contribution < 1.29 is 9.47 Å². The molecule has 3 aromatic rings. The lowest BCUT2D eigenvalue weighted by Crippen LogP contribution is -2.15. The first-order chi connectivity index (χ1) is 11.8. The van der Waals surface area contributed by atoms with E-state index < -0.39 is 4.75 Å². The smallest absolute Gasteiger partial charge is 0.222 e. The molecule has 0 aliphatic carbocycles. The van der Waals surface area contributed by atoms with Crippen molar-refractivity contribution in [2.75, 3.05) is 20.0 Å². The molecule has 1 aromatic carbocycles. The average molecular weight is 357 g/mol. The molecule has 0 spiro atoms. The van der Waals surface area contributed by atoms with Gasteiger partial charge < -0.3 is 15.2 Å². The van der Waals surface area contributed by atoms with E-state index in [0.29, 0.717) is 34.1 Å². The van der Waals surface area contributed by atoms with E-state index in [1.165, 1.54) is 0 Å². The molecule has 25 heavy (non-hydrogen) atoms. The predicted octanol–water partition coefficient (Wildman–Crippen LogP) is 2.85. The van der Waals surface area contributed by atoms with E-state index in [-0.39, 0.29) is 5.95 Å². The van der Waals surface area contributed by atoms with Gasteiger partial charge in [-0.2, -0.15) is 17.6 Å². The lowest BCUT2D eigenvalue weighted by molar-refractivity contribution is 0.355. The molecule has 0 saturated carbocycles. The van der Waals surface area contributed by atoms with Crippen LogP contribution in [0.3, 0.4) is 0 Å². The monoisotopic (exact) mass is 357 g/mol. The highest BCUT2D eigenvalue weighted by molar-refractivity contribution is 7.81. The number of fused-ring (bicyclic) bond motifs is 1. The van der Waals surface area contributed by atoms with Gasteiger partial charge >= 0.3 is 0 Å². The zero-order valence-electron chi connectivity index (χ0n) is 14.4. The Labute approximate surface area is 151 Å². The van der Waals surface area contributed by atoms with Crippen LogP contribution < -0.4 is 15.2 Å². The minimum atomic E-state index is -0.541. The molecular weight excluding hydrogens is 338 g/mol. The first kappa shape index (κ1) is 17.2. The summed E-state index contributed by atoms with van der Waals surface area (Å²) in [6.07, 6.45) is 1.64. The zero-order valence-corrected chi connectivity index (χ0v) is 15.3. The lowest BCUT2D eigenvalue weighted by Gasteiger charge is -2.18. The fraction of sp³-hybridized carbons (Fsp3) is 0.294. The fourth-order valence-corrected chi connectivity index (χ4v) is 2.64. The summed E-state index contributed by atoms with van der Waals surface area (Å²) in [6, 6.07) is 5.56. The van der Waals surface area contributed by atoms with Crippen molar-refractivity contribution in [3.63, 3.8) is 0 Å². The second-order valence-electron chi connectivity index (χ2n) is 5.99. The van der Waals surface area contributed by atoms with E-state index >= 15 is 0 Å². The number of hydrogen-bond donors (Lipinski definition) is 2. The van der Waals surface area contributed by atoms with Gasteiger partial charge in [0.25, 0.3) is 0 Å². The number of benzene rings is 1. The second-order valence-corrected chi connectivity index (χ2v) is 7.10. The number of aromatic nitrogens is 4. The van der Waals surface area contributed by atoms with Crippen molar-refractivity contribution in [2.45, 2.75) is 18.6 Å². The van der Waals surface area contributed by atoms with Gasteiger partial charge in [-0.05, 0) is 32.0 Å². The van der Waals surface area contributed by atoms with Crippen LogP contribution >= 0.6 is 12.6 Å².